The summed E-state index contributed by atoms with van der Waals surface area (Å²) in [4.78, 5) is 3.81. The molecule has 0 aliphatic heterocycles. The first-order chi connectivity index (χ1) is 7.90. The number of nitrogens with one attached hydrogen (secondary N) is 1. The second-order valence-corrected chi connectivity index (χ2v) is 7.61. The Morgan fingerprint density at radius 3 is 2.71 bits per heavy atom. The Bertz CT molecular complexity index is 627. The van der Waals surface area contributed by atoms with Crippen molar-refractivity contribution in [1.82, 2.24) is 14.8 Å². The van der Waals surface area contributed by atoms with E-state index in [9.17, 15) is 8.42 Å². The van der Waals surface area contributed by atoms with E-state index in [1.807, 2.05) is 6.92 Å². The molecule has 0 aliphatic rings. The van der Waals surface area contributed by atoms with E-state index in [-0.39, 0.29) is 10.2 Å². The minimum absolute atomic E-state index is 0.187. The summed E-state index contributed by atoms with van der Waals surface area (Å²) in [6, 6.07) is 1.60. The van der Waals surface area contributed by atoms with Gasteiger partial charge in [-0.05, 0) is 34.5 Å². The minimum atomic E-state index is -3.59. The van der Waals surface area contributed by atoms with Crippen LogP contribution in [0.4, 0.5) is 5.95 Å². The number of hydrogen-bond acceptors (Lipinski definition) is 5. The van der Waals surface area contributed by atoms with Crippen LogP contribution in [0.15, 0.2) is 20.4 Å². The third kappa shape index (κ3) is 2.50. The van der Waals surface area contributed by atoms with Gasteiger partial charge in [0, 0.05) is 7.05 Å². The minimum Gasteiger partial charge on any atom is -0.247 e. The van der Waals surface area contributed by atoms with Gasteiger partial charge in [0.05, 0.1) is 3.79 Å². The highest BCUT2D eigenvalue weighted by Crippen LogP contribution is 2.31. The highest BCUT2D eigenvalue weighted by molar-refractivity contribution is 9.11. The Hall–Kier alpha value is -0.930. The van der Waals surface area contributed by atoms with Gasteiger partial charge in [-0.25, -0.2) is 17.8 Å². The molecule has 9 heteroatoms. The summed E-state index contributed by atoms with van der Waals surface area (Å²) in [5.74, 6) is 0.187. The number of thiophene rings is 1. The van der Waals surface area contributed by atoms with Crippen molar-refractivity contribution in [3.63, 3.8) is 0 Å². The van der Waals surface area contributed by atoms with Gasteiger partial charge in [-0.1, -0.05) is 0 Å². The molecule has 0 saturated carbocycles. The van der Waals surface area contributed by atoms with Crippen molar-refractivity contribution in [2.24, 2.45) is 7.05 Å². The average Bonchev–Trinajstić information content (AvgIpc) is 2.76. The largest absolute Gasteiger partial charge is 0.273 e. The van der Waals surface area contributed by atoms with Gasteiger partial charge in [0.1, 0.15) is 10.5 Å². The SMILES string of the molecule is Cc1cc(S(=O)(=O)Nc2ncnn2C)sc1Br. The normalized spacial score (nSPS) is 11.7. The lowest BCUT2D eigenvalue weighted by atomic mass is 10.4. The molecule has 0 aliphatic carbocycles. The molecule has 0 unspecified atom stereocenters. The number of anilines is 1. The van der Waals surface area contributed by atoms with E-state index in [4.69, 9.17) is 0 Å². The van der Waals surface area contributed by atoms with Gasteiger partial charge in [0.15, 0.2) is 0 Å². The van der Waals surface area contributed by atoms with Crippen LogP contribution in [0.3, 0.4) is 0 Å². The molecule has 0 fully saturated rings. The zero-order valence-corrected chi connectivity index (χ0v) is 12.2. The van der Waals surface area contributed by atoms with Crippen LogP contribution in [0.2, 0.25) is 0 Å². The Morgan fingerprint density at radius 2 is 2.24 bits per heavy atom. The lowest BCUT2D eigenvalue weighted by Gasteiger charge is -2.03. The predicted octanol–water partition coefficient (Wildman–Crippen LogP) is 1.75. The van der Waals surface area contributed by atoms with Crippen molar-refractivity contribution >= 4 is 43.2 Å². The van der Waals surface area contributed by atoms with Gasteiger partial charge in [-0.2, -0.15) is 10.1 Å². The third-order valence-electron chi connectivity index (χ3n) is 2.04. The Morgan fingerprint density at radius 1 is 1.53 bits per heavy atom. The number of nitrogens with zero attached hydrogens (tertiary/aromatic N) is 3. The van der Waals surface area contributed by atoms with E-state index < -0.39 is 10.0 Å². The standard InChI is InChI=1S/C8H9BrN4O2S2/c1-5-3-6(16-7(5)9)17(14,15)12-8-10-4-11-13(8)2/h3-4H,1-2H3,(H,10,11,12). The molecule has 0 aromatic carbocycles. The van der Waals surface area contributed by atoms with Gasteiger partial charge in [0.2, 0.25) is 5.95 Å². The molecular weight excluding hydrogens is 328 g/mol. The summed E-state index contributed by atoms with van der Waals surface area (Å²) in [5, 5.41) is 3.79. The molecule has 0 atom stereocenters. The summed E-state index contributed by atoms with van der Waals surface area (Å²) in [7, 11) is -1.98. The Balaban J connectivity index is 2.35. The van der Waals surface area contributed by atoms with Crippen molar-refractivity contribution in [1.29, 1.82) is 0 Å². The molecule has 17 heavy (non-hydrogen) atoms. The number of halogens is 1. The van der Waals surface area contributed by atoms with Gasteiger partial charge in [-0.3, -0.25) is 0 Å². The van der Waals surface area contributed by atoms with Gasteiger partial charge < -0.3 is 0 Å². The molecule has 0 bridgehead atoms. The van der Waals surface area contributed by atoms with Crippen molar-refractivity contribution < 1.29 is 8.42 Å². The van der Waals surface area contributed by atoms with Gasteiger partial charge in [-0.15, -0.1) is 11.3 Å². The summed E-state index contributed by atoms with van der Waals surface area (Å²) in [6.45, 7) is 1.84. The number of sulfonamides is 1. The number of rotatable bonds is 3. The molecule has 6 nitrogen and oxygen atoms in total. The molecule has 2 aromatic heterocycles. The van der Waals surface area contributed by atoms with Crippen LogP contribution in [0.25, 0.3) is 0 Å². The molecule has 0 amide bonds. The van der Waals surface area contributed by atoms with Crippen molar-refractivity contribution in [3.05, 3.63) is 21.7 Å². The maximum Gasteiger partial charge on any atom is 0.273 e. The fourth-order valence-electron chi connectivity index (χ4n) is 1.12. The second-order valence-electron chi connectivity index (χ2n) is 3.33. The topological polar surface area (TPSA) is 76.9 Å². The molecule has 1 N–H and O–H groups in total. The Labute approximate surface area is 111 Å². The Kier molecular flexibility index (Phi) is 3.23. The summed E-state index contributed by atoms with van der Waals surface area (Å²) < 4.78 is 28.8. The van der Waals surface area contributed by atoms with E-state index in [1.54, 1.807) is 13.1 Å². The average molecular weight is 337 g/mol. The van der Waals surface area contributed by atoms with Gasteiger partial charge in [0.25, 0.3) is 10.0 Å². The number of aryl methyl sites for hydroxylation is 2. The quantitative estimate of drug-likeness (QED) is 0.926. The van der Waals surface area contributed by atoms with Crippen molar-refractivity contribution in [2.45, 2.75) is 11.1 Å². The number of aromatic nitrogens is 3. The smallest absolute Gasteiger partial charge is 0.247 e. The predicted molar refractivity (Wildman–Crippen MR) is 68.6 cm³/mol. The van der Waals surface area contributed by atoms with E-state index in [0.29, 0.717) is 0 Å². The van der Waals surface area contributed by atoms with Gasteiger partial charge >= 0.3 is 0 Å². The fraction of sp³-hybridized carbons (Fsp3) is 0.250. The summed E-state index contributed by atoms with van der Waals surface area (Å²) in [5.41, 5.74) is 0.883. The van der Waals surface area contributed by atoms with Crippen LogP contribution < -0.4 is 4.72 Å². The second kappa shape index (κ2) is 4.39. The molecular formula is C8H9BrN4O2S2. The molecule has 0 spiro atoms. The highest BCUT2D eigenvalue weighted by Gasteiger charge is 2.20. The lowest BCUT2D eigenvalue weighted by molar-refractivity contribution is 0.602. The molecule has 0 radical (unpaired) electrons. The van der Waals surface area contributed by atoms with E-state index >= 15 is 0 Å². The van der Waals surface area contributed by atoms with Crippen LogP contribution >= 0.6 is 27.3 Å². The van der Waals surface area contributed by atoms with E-state index in [1.165, 1.54) is 11.0 Å². The van der Waals surface area contributed by atoms with Crippen LogP contribution in [-0.2, 0) is 17.1 Å². The maximum absolute atomic E-state index is 12.0. The molecule has 2 aromatic rings. The van der Waals surface area contributed by atoms with E-state index in [0.717, 1.165) is 20.7 Å². The number of hydrogen-bond donors (Lipinski definition) is 1. The monoisotopic (exact) mass is 336 g/mol. The molecule has 2 heterocycles. The molecule has 2 rings (SSSR count). The molecule has 92 valence electrons. The third-order valence-corrected chi connectivity index (χ3v) is 5.97. The first kappa shape index (κ1) is 12.5. The highest BCUT2D eigenvalue weighted by atomic mass is 79.9. The summed E-state index contributed by atoms with van der Waals surface area (Å²) >= 11 is 4.45. The zero-order chi connectivity index (χ0) is 12.6. The van der Waals surface area contributed by atoms with Crippen LogP contribution in [0.1, 0.15) is 5.56 Å². The van der Waals surface area contributed by atoms with Crippen LogP contribution in [-0.4, -0.2) is 23.2 Å². The fourth-order valence-corrected chi connectivity index (χ4v) is 4.39. The van der Waals surface area contributed by atoms with Crippen molar-refractivity contribution in [2.75, 3.05) is 4.72 Å². The van der Waals surface area contributed by atoms with Crippen LogP contribution in [0, 0.1) is 6.92 Å². The van der Waals surface area contributed by atoms with E-state index in [2.05, 4.69) is 30.7 Å². The van der Waals surface area contributed by atoms with Crippen LogP contribution in [0.5, 0.6) is 0 Å². The lowest BCUT2D eigenvalue weighted by Crippen LogP contribution is -2.15. The molecule has 0 saturated heterocycles. The summed E-state index contributed by atoms with van der Waals surface area (Å²) in [6.07, 6.45) is 1.29. The zero-order valence-electron chi connectivity index (χ0n) is 9.01. The first-order valence-corrected chi connectivity index (χ1v) is 7.62. The first-order valence-electron chi connectivity index (χ1n) is 4.53. The van der Waals surface area contributed by atoms with Crippen molar-refractivity contribution in [3.8, 4) is 0 Å². The maximum atomic E-state index is 12.0.